The number of carbonyl (C=O) groups is 2. The highest BCUT2D eigenvalue weighted by Crippen LogP contribution is 2.35. The van der Waals surface area contributed by atoms with Gasteiger partial charge in [-0.15, -0.1) is 0 Å². The molecule has 0 fully saturated rings. The molecule has 150 valence electrons. The fourth-order valence-corrected chi connectivity index (χ4v) is 3.07. The summed E-state index contributed by atoms with van der Waals surface area (Å²) in [5.74, 6) is 0.447. The molecular formula is C25H20O5. The first kappa shape index (κ1) is 19.5. The Kier molecular flexibility index (Phi) is 5.61. The van der Waals surface area contributed by atoms with E-state index < -0.39 is 5.97 Å². The third-order valence-corrected chi connectivity index (χ3v) is 4.72. The number of carbonyl (C=O) groups excluding carboxylic acids is 2. The van der Waals surface area contributed by atoms with Crippen molar-refractivity contribution in [2.45, 2.75) is 13.5 Å². The van der Waals surface area contributed by atoms with Gasteiger partial charge in [-0.2, -0.15) is 0 Å². The van der Waals surface area contributed by atoms with Crippen LogP contribution in [0.2, 0.25) is 0 Å². The van der Waals surface area contributed by atoms with E-state index in [4.69, 9.17) is 14.2 Å². The molecule has 1 heterocycles. The van der Waals surface area contributed by atoms with Crippen molar-refractivity contribution in [2.75, 3.05) is 6.61 Å². The van der Waals surface area contributed by atoms with E-state index in [0.717, 1.165) is 16.7 Å². The van der Waals surface area contributed by atoms with Gasteiger partial charge in [0, 0.05) is 6.07 Å². The second-order valence-corrected chi connectivity index (χ2v) is 6.89. The number of rotatable bonds is 6. The summed E-state index contributed by atoms with van der Waals surface area (Å²) in [5, 5.41) is 0. The average molecular weight is 400 g/mol. The smallest absolute Gasteiger partial charge is 0.344 e. The van der Waals surface area contributed by atoms with Crippen LogP contribution in [0.25, 0.3) is 6.08 Å². The summed E-state index contributed by atoms with van der Waals surface area (Å²) in [5.41, 5.74) is 3.35. The molecule has 3 aromatic carbocycles. The van der Waals surface area contributed by atoms with Crippen LogP contribution in [0, 0.1) is 6.92 Å². The molecule has 0 radical (unpaired) electrons. The Bertz CT molecular complexity index is 1120. The molecule has 0 unspecified atom stereocenters. The lowest BCUT2D eigenvalue weighted by molar-refractivity contribution is -0.147. The molecular weight excluding hydrogens is 380 g/mol. The second-order valence-electron chi connectivity index (χ2n) is 6.89. The van der Waals surface area contributed by atoms with Gasteiger partial charge in [-0.25, -0.2) is 4.79 Å². The Balaban J connectivity index is 1.38. The monoisotopic (exact) mass is 400 g/mol. The number of ether oxygens (including phenoxy) is 3. The summed E-state index contributed by atoms with van der Waals surface area (Å²) in [4.78, 5) is 24.5. The van der Waals surface area contributed by atoms with Gasteiger partial charge in [0.2, 0.25) is 5.78 Å². The number of hydrogen-bond acceptors (Lipinski definition) is 5. The van der Waals surface area contributed by atoms with Gasteiger partial charge in [-0.3, -0.25) is 4.79 Å². The van der Waals surface area contributed by atoms with Crippen molar-refractivity contribution in [1.29, 1.82) is 0 Å². The zero-order valence-corrected chi connectivity index (χ0v) is 16.5. The van der Waals surface area contributed by atoms with Crippen LogP contribution >= 0.6 is 0 Å². The van der Waals surface area contributed by atoms with Crippen LogP contribution in [-0.2, 0) is 16.1 Å². The Morgan fingerprint density at radius 1 is 1.00 bits per heavy atom. The van der Waals surface area contributed by atoms with Crippen LogP contribution in [0.1, 0.15) is 27.0 Å². The molecule has 0 spiro atoms. The minimum atomic E-state index is -0.475. The summed E-state index contributed by atoms with van der Waals surface area (Å²) >= 11 is 0. The first-order chi connectivity index (χ1) is 14.6. The molecule has 0 saturated heterocycles. The third-order valence-electron chi connectivity index (χ3n) is 4.72. The zero-order valence-electron chi connectivity index (χ0n) is 16.5. The van der Waals surface area contributed by atoms with Crippen LogP contribution < -0.4 is 9.47 Å². The molecule has 0 amide bonds. The number of allylic oxidation sites excluding steroid dienone is 1. The number of aryl methyl sites for hydroxylation is 1. The van der Waals surface area contributed by atoms with Crippen molar-refractivity contribution < 1.29 is 23.8 Å². The highest BCUT2D eigenvalue weighted by Gasteiger charge is 2.28. The van der Waals surface area contributed by atoms with Gasteiger partial charge in [0.15, 0.2) is 12.4 Å². The SMILES string of the molecule is Cc1ccccc1C=C1Oc2cc(OCC(=O)OCc3ccccc3)ccc2C1=O. The molecule has 0 N–H and O–H groups in total. The minimum Gasteiger partial charge on any atom is -0.482 e. The van der Waals surface area contributed by atoms with Crippen LogP contribution in [0.3, 0.4) is 0 Å². The van der Waals surface area contributed by atoms with Gasteiger partial charge < -0.3 is 14.2 Å². The summed E-state index contributed by atoms with van der Waals surface area (Å²) in [6.07, 6.45) is 1.74. The van der Waals surface area contributed by atoms with E-state index in [1.807, 2.05) is 61.5 Å². The predicted molar refractivity (Wildman–Crippen MR) is 112 cm³/mol. The van der Waals surface area contributed by atoms with E-state index in [0.29, 0.717) is 17.1 Å². The molecule has 0 saturated carbocycles. The highest BCUT2D eigenvalue weighted by molar-refractivity contribution is 6.14. The minimum absolute atomic E-state index is 0.179. The lowest BCUT2D eigenvalue weighted by atomic mass is 10.1. The molecule has 3 aromatic rings. The van der Waals surface area contributed by atoms with Crippen LogP contribution in [0.5, 0.6) is 11.5 Å². The fourth-order valence-electron chi connectivity index (χ4n) is 3.07. The maximum atomic E-state index is 12.6. The fraction of sp³-hybridized carbons (Fsp3) is 0.120. The maximum Gasteiger partial charge on any atom is 0.344 e. The molecule has 0 atom stereocenters. The van der Waals surface area contributed by atoms with Crippen LogP contribution in [0.4, 0.5) is 0 Å². The van der Waals surface area contributed by atoms with E-state index in [-0.39, 0.29) is 24.8 Å². The number of benzene rings is 3. The quantitative estimate of drug-likeness (QED) is 0.442. The van der Waals surface area contributed by atoms with E-state index in [1.165, 1.54) is 0 Å². The van der Waals surface area contributed by atoms with Crippen molar-refractivity contribution in [3.05, 3.63) is 101 Å². The molecule has 30 heavy (non-hydrogen) atoms. The van der Waals surface area contributed by atoms with Gasteiger partial charge in [0.1, 0.15) is 18.1 Å². The number of fused-ring (bicyclic) bond motifs is 1. The molecule has 0 aromatic heterocycles. The van der Waals surface area contributed by atoms with Gasteiger partial charge in [-0.05, 0) is 41.8 Å². The number of ketones is 1. The standard InChI is InChI=1S/C25H20O5/c1-17-7-5-6-10-19(17)13-23-25(27)21-12-11-20(14-22(21)30-23)28-16-24(26)29-15-18-8-3-2-4-9-18/h2-14H,15-16H2,1H3. The number of Topliss-reactive ketones (excluding diaryl/α,β-unsaturated/α-hetero) is 1. The van der Waals surface area contributed by atoms with Crippen LogP contribution in [0.15, 0.2) is 78.6 Å². The van der Waals surface area contributed by atoms with Crippen molar-refractivity contribution in [3.8, 4) is 11.5 Å². The summed E-state index contributed by atoms with van der Waals surface area (Å²) in [6, 6.07) is 22.1. The summed E-state index contributed by atoms with van der Waals surface area (Å²) in [7, 11) is 0. The first-order valence-corrected chi connectivity index (χ1v) is 9.56. The van der Waals surface area contributed by atoms with Gasteiger partial charge in [0.05, 0.1) is 5.56 Å². The Morgan fingerprint density at radius 2 is 1.77 bits per heavy atom. The molecule has 5 heteroatoms. The predicted octanol–water partition coefficient (Wildman–Crippen LogP) is 4.73. The van der Waals surface area contributed by atoms with E-state index in [9.17, 15) is 9.59 Å². The molecule has 0 bridgehead atoms. The number of esters is 1. The van der Waals surface area contributed by atoms with E-state index in [1.54, 1.807) is 24.3 Å². The van der Waals surface area contributed by atoms with E-state index >= 15 is 0 Å². The molecule has 5 nitrogen and oxygen atoms in total. The second kappa shape index (κ2) is 8.66. The Labute approximate surface area is 174 Å². The van der Waals surface area contributed by atoms with Crippen molar-refractivity contribution >= 4 is 17.8 Å². The highest BCUT2D eigenvalue weighted by atomic mass is 16.6. The molecule has 0 aliphatic carbocycles. The lowest BCUT2D eigenvalue weighted by Gasteiger charge is -2.08. The van der Waals surface area contributed by atoms with Gasteiger partial charge in [-0.1, -0.05) is 54.6 Å². The zero-order chi connectivity index (χ0) is 20.9. The maximum absolute atomic E-state index is 12.6. The van der Waals surface area contributed by atoms with Crippen molar-refractivity contribution in [2.24, 2.45) is 0 Å². The van der Waals surface area contributed by atoms with Crippen molar-refractivity contribution in [1.82, 2.24) is 0 Å². The Morgan fingerprint density at radius 3 is 2.57 bits per heavy atom. The summed E-state index contributed by atoms with van der Waals surface area (Å²) < 4.78 is 16.4. The summed E-state index contributed by atoms with van der Waals surface area (Å²) in [6.45, 7) is 1.94. The Hall–Kier alpha value is -3.86. The normalized spacial score (nSPS) is 13.6. The topological polar surface area (TPSA) is 61.8 Å². The largest absolute Gasteiger partial charge is 0.482 e. The lowest BCUT2D eigenvalue weighted by Crippen LogP contribution is -2.14. The van der Waals surface area contributed by atoms with E-state index in [2.05, 4.69) is 0 Å². The average Bonchev–Trinajstić information content (AvgIpc) is 3.08. The molecule has 1 aliphatic rings. The third kappa shape index (κ3) is 4.41. The number of hydrogen-bond donors (Lipinski definition) is 0. The van der Waals surface area contributed by atoms with Gasteiger partial charge in [0.25, 0.3) is 0 Å². The molecule has 1 aliphatic heterocycles. The van der Waals surface area contributed by atoms with Crippen molar-refractivity contribution in [3.63, 3.8) is 0 Å². The van der Waals surface area contributed by atoms with Crippen LogP contribution in [-0.4, -0.2) is 18.4 Å². The first-order valence-electron chi connectivity index (χ1n) is 9.56. The van der Waals surface area contributed by atoms with Gasteiger partial charge >= 0.3 is 5.97 Å². The molecule has 4 rings (SSSR count).